The van der Waals surface area contributed by atoms with E-state index < -0.39 is 0 Å². The number of hydrogen-bond acceptors (Lipinski definition) is 3. The second-order valence-electron chi connectivity index (χ2n) is 4.19. The summed E-state index contributed by atoms with van der Waals surface area (Å²) in [6, 6.07) is 7.31. The quantitative estimate of drug-likeness (QED) is 0.613. The number of nitrogen functional groups attached to an aromatic ring is 1. The molecule has 0 saturated heterocycles. The third kappa shape index (κ3) is 7.14. The van der Waals surface area contributed by atoms with Crippen molar-refractivity contribution in [2.45, 2.75) is 26.4 Å². The van der Waals surface area contributed by atoms with Crippen LogP contribution in [-0.4, -0.2) is 25.2 Å². The Balaban J connectivity index is 0.00000289. The van der Waals surface area contributed by atoms with Crippen LogP contribution < -0.4 is 11.1 Å². The fourth-order valence-corrected chi connectivity index (χ4v) is 1.37. The second-order valence-corrected chi connectivity index (χ2v) is 4.19. The lowest BCUT2D eigenvalue weighted by molar-refractivity contribution is -0.120. The third-order valence-corrected chi connectivity index (χ3v) is 2.22. The zero-order valence-corrected chi connectivity index (χ0v) is 11.6. The highest BCUT2D eigenvalue weighted by atomic mass is 35.5. The number of amides is 1. The SMILES string of the molecule is CC(C)OCCNC(=O)Cc1ccc(N)cc1.Cl. The lowest BCUT2D eigenvalue weighted by atomic mass is 10.1. The van der Waals surface area contributed by atoms with Crippen molar-refractivity contribution in [2.75, 3.05) is 18.9 Å². The third-order valence-electron chi connectivity index (χ3n) is 2.22. The van der Waals surface area contributed by atoms with Gasteiger partial charge in [0.25, 0.3) is 0 Å². The van der Waals surface area contributed by atoms with E-state index in [0.29, 0.717) is 25.3 Å². The zero-order chi connectivity index (χ0) is 12.7. The van der Waals surface area contributed by atoms with E-state index in [9.17, 15) is 4.79 Å². The van der Waals surface area contributed by atoms with E-state index in [4.69, 9.17) is 10.5 Å². The van der Waals surface area contributed by atoms with Crippen molar-refractivity contribution < 1.29 is 9.53 Å². The summed E-state index contributed by atoms with van der Waals surface area (Å²) in [4.78, 5) is 11.5. The van der Waals surface area contributed by atoms with Crippen molar-refractivity contribution in [3.63, 3.8) is 0 Å². The van der Waals surface area contributed by atoms with Crippen molar-refractivity contribution in [2.24, 2.45) is 0 Å². The van der Waals surface area contributed by atoms with E-state index in [2.05, 4.69) is 5.32 Å². The highest BCUT2D eigenvalue weighted by molar-refractivity contribution is 5.85. The van der Waals surface area contributed by atoms with Crippen LogP contribution in [0.2, 0.25) is 0 Å². The van der Waals surface area contributed by atoms with Crippen molar-refractivity contribution in [1.82, 2.24) is 5.32 Å². The Morgan fingerprint density at radius 1 is 1.33 bits per heavy atom. The minimum Gasteiger partial charge on any atom is -0.399 e. The maximum Gasteiger partial charge on any atom is 0.224 e. The first-order chi connectivity index (χ1) is 8.08. The van der Waals surface area contributed by atoms with Crippen molar-refractivity contribution in [3.8, 4) is 0 Å². The molecule has 3 N–H and O–H groups in total. The molecule has 0 aliphatic carbocycles. The largest absolute Gasteiger partial charge is 0.399 e. The number of carbonyl (C=O) groups is 1. The van der Waals surface area contributed by atoms with Crippen LogP contribution in [0.15, 0.2) is 24.3 Å². The van der Waals surface area contributed by atoms with E-state index in [-0.39, 0.29) is 24.4 Å². The maximum absolute atomic E-state index is 11.5. The summed E-state index contributed by atoms with van der Waals surface area (Å²) < 4.78 is 5.33. The Kier molecular flexibility index (Phi) is 8.16. The number of ether oxygens (including phenoxy) is 1. The monoisotopic (exact) mass is 272 g/mol. The van der Waals surface area contributed by atoms with Gasteiger partial charge in [0.05, 0.1) is 19.1 Å². The molecule has 1 aromatic carbocycles. The van der Waals surface area contributed by atoms with Crippen molar-refractivity contribution in [1.29, 1.82) is 0 Å². The van der Waals surface area contributed by atoms with Gasteiger partial charge in [-0.25, -0.2) is 0 Å². The van der Waals surface area contributed by atoms with Crippen LogP contribution in [0, 0.1) is 0 Å². The van der Waals surface area contributed by atoms with Gasteiger partial charge in [-0.05, 0) is 31.5 Å². The van der Waals surface area contributed by atoms with Gasteiger partial charge in [0.1, 0.15) is 0 Å². The van der Waals surface area contributed by atoms with Crippen LogP contribution in [0.25, 0.3) is 0 Å². The van der Waals surface area contributed by atoms with Crippen LogP contribution in [0.1, 0.15) is 19.4 Å². The molecule has 1 amide bonds. The normalized spacial score (nSPS) is 9.94. The number of carbonyl (C=O) groups excluding carboxylic acids is 1. The first-order valence-electron chi connectivity index (χ1n) is 5.80. The summed E-state index contributed by atoms with van der Waals surface area (Å²) in [7, 11) is 0. The predicted octanol–water partition coefficient (Wildman–Crippen LogP) is 1.77. The molecule has 0 saturated carbocycles. The van der Waals surface area contributed by atoms with Gasteiger partial charge in [0.2, 0.25) is 5.91 Å². The van der Waals surface area contributed by atoms with Gasteiger partial charge in [0.15, 0.2) is 0 Å². The van der Waals surface area contributed by atoms with Crippen LogP contribution in [0.4, 0.5) is 5.69 Å². The fourth-order valence-electron chi connectivity index (χ4n) is 1.37. The molecule has 0 fully saturated rings. The molecule has 0 aliphatic heterocycles. The molecule has 0 aromatic heterocycles. The lowest BCUT2D eigenvalue weighted by Gasteiger charge is -2.08. The molecule has 0 aliphatic rings. The molecule has 0 unspecified atom stereocenters. The summed E-state index contributed by atoms with van der Waals surface area (Å²) in [5, 5.41) is 2.81. The lowest BCUT2D eigenvalue weighted by Crippen LogP contribution is -2.29. The van der Waals surface area contributed by atoms with Crippen LogP contribution in [0.5, 0.6) is 0 Å². The van der Waals surface area contributed by atoms with E-state index >= 15 is 0 Å². The zero-order valence-electron chi connectivity index (χ0n) is 10.8. The first kappa shape index (κ1) is 16.7. The van der Waals surface area contributed by atoms with E-state index in [1.807, 2.05) is 26.0 Å². The van der Waals surface area contributed by atoms with E-state index in [1.54, 1.807) is 12.1 Å². The Bertz CT molecular complexity index is 353. The summed E-state index contributed by atoms with van der Waals surface area (Å²) in [6.45, 7) is 5.03. The minimum absolute atomic E-state index is 0. The van der Waals surface area contributed by atoms with Gasteiger partial charge in [-0.1, -0.05) is 12.1 Å². The van der Waals surface area contributed by atoms with Crippen molar-refractivity contribution in [3.05, 3.63) is 29.8 Å². The number of halogens is 1. The van der Waals surface area contributed by atoms with Gasteiger partial charge in [-0.15, -0.1) is 12.4 Å². The molecular weight excluding hydrogens is 252 g/mol. The molecule has 0 radical (unpaired) electrons. The number of rotatable bonds is 6. The molecule has 0 spiro atoms. The van der Waals surface area contributed by atoms with Gasteiger partial charge in [-0.3, -0.25) is 4.79 Å². The molecule has 1 aromatic rings. The van der Waals surface area contributed by atoms with Crippen LogP contribution in [-0.2, 0) is 16.0 Å². The van der Waals surface area contributed by atoms with Gasteiger partial charge in [0, 0.05) is 12.2 Å². The second kappa shape index (κ2) is 8.78. The molecule has 0 atom stereocenters. The maximum atomic E-state index is 11.5. The van der Waals surface area contributed by atoms with Gasteiger partial charge >= 0.3 is 0 Å². The van der Waals surface area contributed by atoms with E-state index in [0.717, 1.165) is 5.56 Å². The Labute approximate surface area is 114 Å². The number of nitrogens with one attached hydrogen (secondary N) is 1. The molecule has 4 nitrogen and oxygen atoms in total. The Hall–Kier alpha value is -1.26. The average Bonchev–Trinajstić information content (AvgIpc) is 2.27. The number of nitrogens with two attached hydrogens (primary N) is 1. The van der Waals surface area contributed by atoms with Gasteiger partial charge < -0.3 is 15.8 Å². The molecule has 5 heteroatoms. The summed E-state index contributed by atoms with van der Waals surface area (Å²) in [6.07, 6.45) is 0.575. The topological polar surface area (TPSA) is 64.3 Å². The molecule has 0 bridgehead atoms. The molecule has 0 heterocycles. The Morgan fingerprint density at radius 3 is 2.50 bits per heavy atom. The highest BCUT2D eigenvalue weighted by Crippen LogP contribution is 2.05. The highest BCUT2D eigenvalue weighted by Gasteiger charge is 2.02. The standard InChI is InChI=1S/C13H20N2O2.ClH/c1-10(2)17-8-7-15-13(16)9-11-3-5-12(14)6-4-11;/h3-6,10H,7-9,14H2,1-2H3,(H,15,16);1H. The smallest absolute Gasteiger partial charge is 0.224 e. The molecular formula is C13H21ClN2O2. The predicted molar refractivity (Wildman–Crippen MR) is 75.9 cm³/mol. The van der Waals surface area contributed by atoms with Gasteiger partial charge in [-0.2, -0.15) is 0 Å². The number of hydrogen-bond donors (Lipinski definition) is 2. The molecule has 1 rings (SSSR count). The minimum atomic E-state index is 0. The first-order valence-corrected chi connectivity index (χ1v) is 5.80. The number of anilines is 1. The summed E-state index contributed by atoms with van der Waals surface area (Å²) in [5.41, 5.74) is 7.23. The number of benzene rings is 1. The van der Waals surface area contributed by atoms with Crippen LogP contribution >= 0.6 is 12.4 Å². The Morgan fingerprint density at radius 2 is 1.94 bits per heavy atom. The summed E-state index contributed by atoms with van der Waals surface area (Å²) in [5.74, 6) is 0.00197. The summed E-state index contributed by atoms with van der Waals surface area (Å²) >= 11 is 0. The molecule has 18 heavy (non-hydrogen) atoms. The van der Waals surface area contributed by atoms with Crippen LogP contribution in [0.3, 0.4) is 0 Å². The van der Waals surface area contributed by atoms with Crippen molar-refractivity contribution >= 4 is 24.0 Å². The fraction of sp³-hybridized carbons (Fsp3) is 0.462. The van der Waals surface area contributed by atoms with E-state index in [1.165, 1.54) is 0 Å². The average molecular weight is 273 g/mol. The molecule has 102 valence electrons.